The standard InChI is InChI=1S/C20H24N4O4S/c25-29(26,16-4-6-18-19(14-16)28-13-1-12-27-18)24-10-8-23(9-11-24)20-7-5-17(21-22-20)15-2-3-15/h4-7,14-15H,1-3,8-13H2. The Balaban J connectivity index is 1.27. The van der Waals surface area contributed by atoms with E-state index in [0.29, 0.717) is 56.8 Å². The van der Waals surface area contributed by atoms with Crippen LogP contribution in [0, 0.1) is 0 Å². The molecule has 1 aromatic carbocycles. The number of ether oxygens (including phenoxy) is 2. The highest BCUT2D eigenvalue weighted by Crippen LogP contribution is 2.39. The van der Waals surface area contributed by atoms with Gasteiger partial charge in [0.1, 0.15) is 0 Å². The Bertz CT molecular complexity index is 984. The maximum atomic E-state index is 13.1. The summed E-state index contributed by atoms with van der Waals surface area (Å²) < 4.78 is 39.0. The van der Waals surface area contributed by atoms with Gasteiger partial charge < -0.3 is 14.4 Å². The summed E-state index contributed by atoms with van der Waals surface area (Å²) in [5, 5.41) is 8.67. The average molecular weight is 417 g/mol. The third-order valence-electron chi connectivity index (χ3n) is 5.59. The molecule has 3 heterocycles. The fraction of sp³-hybridized carbons (Fsp3) is 0.500. The van der Waals surface area contributed by atoms with Gasteiger partial charge in [-0.1, -0.05) is 0 Å². The van der Waals surface area contributed by atoms with E-state index in [4.69, 9.17) is 9.47 Å². The second kappa shape index (κ2) is 7.46. The lowest BCUT2D eigenvalue weighted by Crippen LogP contribution is -2.49. The van der Waals surface area contributed by atoms with Crippen LogP contribution in [0.2, 0.25) is 0 Å². The molecule has 154 valence electrons. The quantitative estimate of drug-likeness (QED) is 0.754. The molecule has 3 aliphatic rings. The average Bonchev–Trinajstić information content (AvgIpc) is 3.61. The van der Waals surface area contributed by atoms with Gasteiger partial charge in [0.05, 0.1) is 23.8 Å². The fourth-order valence-corrected chi connectivity index (χ4v) is 5.15. The SMILES string of the molecule is O=S(=O)(c1ccc2c(c1)OCCCO2)N1CCN(c2ccc(C3CC3)nn2)CC1. The van der Waals surface area contributed by atoms with Crippen LogP contribution in [0.3, 0.4) is 0 Å². The summed E-state index contributed by atoms with van der Waals surface area (Å²) in [4.78, 5) is 2.33. The molecule has 2 aromatic rings. The molecule has 0 unspecified atom stereocenters. The zero-order chi connectivity index (χ0) is 19.8. The molecule has 0 radical (unpaired) electrons. The molecule has 2 aliphatic heterocycles. The zero-order valence-corrected chi connectivity index (χ0v) is 17.0. The summed E-state index contributed by atoms with van der Waals surface area (Å²) in [5.41, 5.74) is 1.06. The number of benzene rings is 1. The number of nitrogens with zero attached hydrogens (tertiary/aromatic N) is 4. The summed E-state index contributed by atoms with van der Waals surface area (Å²) in [5.74, 6) is 2.48. The van der Waals surface area contributed by atoms with Crippen molar-refractivity contribution in [3.8, 4) is 11.5 Å². The number of piperazine rings is 1. The number of hydrogen-bond acceptors (Lipinski definition) is 7. The molecule has 9 heteroatoms. The van der Waals surface area contributed by atoms with Crippen molar-refractivity contribution < 1.29 is 17.9 Å². The number of sulfonamides is 1. The van der Waals surface area contributed by atoms with E-state index in [2.05, 4.69) is 15.1 Å². The molecule has 0 bridgehead atoms. The van der Waals surface area contributed by atoms with Gasteiger partial charge in [-0.25, -0.2) is 8.42 Å². The normalized spacial score (nSPS) is 20.3. The summed E-state index contributed by atoms with van der Waals surface area (Å²) in [6.07, 6.45) is 3.18. The van der Waals surface area contributed by atoms with Crippen LogP contribution >= 0.6 is 0 Å². The van der Waals surface area contributed by atoms with E-state index in [9.17, 15) is 8.42 Å². The Morgan fingerprint density at radius 3 is 2.34 bits per heavy atom. The van der Waals surface area contributed by atoms with Gasteiger partial charge in [0.25, 0.3) is 0 Å². The lowest BCUT2D eigenvalue weighted by atomic mass is 10.2. The first-order valence-electron chi connectivity index (χ1n) is 10.1. The Hall–Kier alpha value is -2.39. The van der Waals surface area contributed by atoms with Crippen LogP contribution in [0.15, 0.2) is 35.2 Å². The second-order valence-electron chi connectivity index (χ2n) is 7.64. The maximum absolute atomic E-state index is 13.1. The van der Waals surface area contributed by atoms with E-state index < -0.39 is 10.0 Å². The van der Waals surface area contributed by atoms with E-state index in [-0.39, 0.29) is 4.90 Å². The van der Waals surface area contributed by atoms with E-state index in [1.807, 2.05) is 12.1 Å². The number of fused-ring (bicyclic) bond motifs is 1. The molecule has 1 saturated carbocycles. The highest BCUT2D eigenvalue weighted by molar-refractivity contribution is 7.89. The predicted molar refractivity (Wildman–Crippen MR) is 107 cm³/mol. The van der Waals surface area contributed by atoms with Crippen LogP contribution in [-0.4, -0.2) is 62.3 Å². The third-order valence-corrected chi connectivity index (χ3v) is 7.48. The molecule has 2 fully saturated rings. The van der Waals surface area contributed by atoms with Gasteiger partial charge in [0.15, 0.2) is 17.3 Å². The van der Waals surface area contributed by atoms with E-state index in [1.165, 1.54) is 17.1 Å². The minimum absolute atomic E-state index is 0.240. The molecule has 0 amide bonds. The fourth-order valence-electron chi connectivity index (χ4n) is 3.71. The van der Waals surface area contributed by atoms with Crippen molar-refractivity contribution in [2.75, 3.05) is 44.3 Å². The molecule has 0 N–H and O–H groups in total. The molecule has 29 heavy (non-hydrogen) atoms. The van der Waals surface area contributed by atoms with E-state index >= 15 is 0 Å². The lowest BCUT2D eigenvalue weighted by Gasteiger charge is -2.34. The summed E-state index contributed by atoms with van der Waals surface area (Å²) in [6, 6.07) is 8.89. The molecule has 1 aliphatic carbocycles. The van der Waals surface area contributed by atoms with Crippen molar-refractivity contribution >= 4 is 15.8 Å². The summed E-state index contributed by atoms with van der Waals surface area (Å²) in [7, 11) is -3.59. The van der Waals surface area contributed by atoms with Crippen LogP contribution < -0.4 is 14.4 Å². The minimum Gasteiger partial charge on any atom is -0.490 e. The Morgan fingerprint density at radius 2 is 1.66 bits per heavy atom. The van der Waals surface area contributed by atoms with Crippen LogP contribution in [-0.2, 0) is 10.0 Å². The van der Waals surface area contributed by atoms with Gasteiger partial charge in [0.2, 0.25) is 10.0 Å². The van der Waals surface area contributed by atoms with Gasteiger partial charge >= 0.3 is 0 Å². The minimum atomic E-state index is -3.59. The van der Waals surface area contributed by atoms with E-state index in [1.54, 1.807) is 18.2 Å². The first-order chi connectivity index (χ1) is 14.1. The van der Waals surface area contributed by atoms with Gasteiger partial charge in [-0.15, -0.1) is 5.10 Å². The van der Waals surface area contributed by atoms with Crippen LogP contribution in [0.25, 0.3) is 0 Å². The van der Waals surface area contributed by atoms with Gasteiger partial charge in [0, 0.05) is 44.6 Å². The molecular weight excluding hydrogens is 392 g/mol. The second-order valence-corrected chi connectivity index (χ2v) is 9.58. The van der Waals surface area contributed by atoms with Crippen molar-refractivity contribution in [2.45, 2.75) is 30.1 Å². The third kappa shape index (κ3) is 3.76. The Kier molecular flexibility index (Phi) is 4.79. The molecular formula is C20H24N4O4S. The first-order valence-corrected chi connectivity index (χ1v) is 11.5. The highest BCUT2D eigenvalue weighted by Gasteiger charge is 2.30. The van der Waals surface area contributed by atoms with E-state index in [0.717, 1.165) is 17.9 Å². The van der Waals surface area contributed by atoms with Crippen molar-refractivity contribution in [1.29, 1.82) is 0 Å². The van der Waals surface area contributed by atoms with Crippen LogP contribution in [0.4, 0.5) is 5.82 Å². The summed E-state index contributed by atoms with van der Waals surface area (Å²) in [6.45, 7) is 3.08. The molecule has 1 aromatic heterocycles. The zero-order valence-electron chi connectivity index (χ0n) is 16.2. The largest absolute Gasteiger partial charge is 0.490 e. The maximum Gasteiger partial charge on any atom is 0.243 e. The molecule has 0 atom stereocenters. The Labute approximate surface area is 170 Å². The molecule has 0 spiro atoms. The number of hydrogen-bond donors (Lipinski definition) is 0. The topological polar surface area (TPSA) is 84.9 Å². The van der Waals surface area contributed by atoms with Crippen molar-refractivity contribution in [3.63, 3.8) is 0 Å². The lowest BCUT2D eigenvalue weighted by molar-refractivity contribution is 0.296. The van der Waals surface area contributed by atoms with Crippen LogP contribution in [0.1, 0.15) is 30.9 Å². The Morgan fingerprint density at radius 1 is 0.897 bits per heavy atom. The van der Waals surface area contributed by atoms with Gasteiger partial charge in [-0.2, -0.15) is 9.40 Å². The number of aromatic nitrogens is 2. The van der Waals surface area contributed by atoms with Crippen LogP contribution in [0.5, 0.6) is 11.5 Å². The molecule has 8 nitrogen and oxygen atoms in total. The van der Waals surface area contributed by atoms with Gasteiger partial charge in [-0.3, -0.25) is 0 Å². The monoisotopic (exact) mass is 416 g/mol. The van der Waals surface area contributed by atoms with Crippen molar-refractivity contribution in [1.82, 2.24) is 14.5 Å². The van der Waals surface area contributed by atoms with Gasteiger partial charge in [-0.05, 0) is 37.1 Å². The summed E-state index contributed by atoms with van der Waals surface area (Å²) >= 11 is 0. The van der Waals surface area contributed by atoms with Crippen molar-refractivity contribution in [3.05, 3.63) is 36.0 Å². The number of anilines is 1. The molecule has 5 rings (SSSR count). The van der Waals surface area contributed by atoms with Crippen molar-refractivity contribution in [2.24, 2.45) is 0 Å². The smallest absolute Gasteiger partial charge is 0.243 e. The predicted octanol–water partition coefficient (Wildman–Crippen LogP) is 2.03. The molecule has 1 saturated heterocycles. The number of rotatable bonds is 4. The highest BCUT2D eigenvalue weighted by atomic mass is 32.2. The first kappa shape index (κ1) is 18.6.